The third-order valence-corrected chi connectivity index (χ3v) is 4.00. The van der Waals surface area contributed by atoms with Crippen molar-refractivity contribution in [3.63, 3.8) is 0 Å². The molecule has 582 valence electrons. The number of alkyl halides is 2. The van der Waals surface area contributed by atoms with Crippen LogP contribution < -0.4 is 161 Å². The molecule has 0 radical (unpaired) electrons. The summed E-state index contributed by atoms with van der Waals surface area (Å²) < 4.78 is 118. The number of terminal acetylenes is 2. The number of carboxylic acid groups (broad SMARTS) is 1. The van der Waals surface area contributed by atoms with Gasteiger partial charge in [-0.15, -0.1) is 68.1 Å². The summed E-state index contributed by atoms with van der Waals surface area (Å²) in [5, 5.41) is 36.2. The first-order valence-electron chi connectivity index (χ1n) is 30.1. The monoisotopic (exact) mass is 1530 g/mol. The summed E-state index contributed by atoms with van der Waals surface area (Å²) in [6, 6.07) is 0. The fraction of sp³-hybridized carbons (Fsp3) is 0.685. The Morgan fingerprint density at radius 1 is 0.505 bits per heavy atom. The van der Waals surface area contributed by atoms with E-state index in [1.807, 2.05) is 27.7 Å². The maximum absolute atomic E-state index is 11.3. The van der Waals surface area contributed by atoms with E-state index in [1.54, 1.807) is 62.3 Å². The standard InChI is InChI=1S/C6H14.C5H8O.C5H12.C4H6F2.2C4H9O.C4H10.C4H9.C4H6.C3H3F3.C3H6F2.2C3H6O.C3H6S.C3H8.C3H4.C2F4.C2H4O2.2C2H4O.2C2H4.2K.Li.Na.H2O/c1-3-5-6-4-2;1-4-5(2,3)6;1-3-5-4-2;1-3(5)4(2)6;2*1-4(2,3)5;3*1-3-4-2;1-2(4)3(5)6;1-3(2,4)5;3*1-3(2)4;2*1-3-2;3-1(4)2(5)6;1-2(3)4;2*1-2-3;2*1-2;;;;;/h3-6H2,1-2H3;1,6H,2-3H3;3-5H2,1-2H3;1-2H3;2*1-3H3;3-4H2,1-2H3;1,3-4H2,2H3;1-2H3;1H3;1-2H3;3*1-2H3;3H2,1-2H3;1H,2H3;;1H3,(H,3,4);2*2H,1H3;2*1-2H2;;;;;1H2/q;;;;2*-1;;-1;;;;;;;;;;;;;;;4*+1;/p-1/b;;;4-3+;;;;;;;;;;;;;;;;;;;;;;;. The Morgan fingerprint density at radius 3 is 0.616 bits per heavy atom. The van der Waals surface area contributed by atoms with Gasteiger partial charge in [0.15, 0.2) is 5.83 Å². The van der Waals surface area contributed by atoms with E-state index >= 15 is 0 Å². The maximum atomic E-state index is 11.3. The zero-order valence-corrected chi connectivity index (χ0v) is 79.2. The first-order chi connectivity index (χ1) is 42.1. The van der Waals surface area contributed by atoms with Crippen molar-refractivity contribution in [2.24, 2.45) is 0 Å². The quantitative estimate of drug-likeness (QED) is 0.0359. The van der Waals surface area contributed by atoms with Gasteiger partial charge in [-0.25, -0.2) is 22.0 Å². The van der Waals surface area contributed by atoms with E-state index in [4.69, 9.17) is 31.0 Å². The van der Waals surface area contributed by atoms with Crippen LogP contribution in [0.15, 0.2) is 62.0 Å². The van der Waals surface area contributed by atoms with Crippen molar-refractivity contribution in [1.29, 1.82) is 0 Å². The second kappa shape index (κ2) is 178. The molecule has 99 heavy (non-hydrogen) atoms. The number of carboxylic acids is 1. The molecule has 0 bridgehead atoms. The van der Waals surface area contributed by atoms with Gasteiger partial charge >= 0.3 is 169 Å². The summed E-state index contributed by atoms with van der Waals surface area (Å²) in [6.07, 6.45) is 18.6. The Morgan fingerprint density at radius 2 is 0.606 bits per heavy atom. The molecule has 10 nitrogen and oxygen atoms in total. The number of unbranched alkanes of at least 4 members (excludes halogenated alkanes) is 7. The minimum Gasteiger partial charge on any atom is -0.870 e. The molecular formula is C73H143F11K2LiNaO10S. The van der Waals surface area contributed by atoms with Crippen LogP contribution in [-0.4, -0.2) is 73.4 Å². The topological polar surface area (TPSA) is 202 Å². The molecular weight excluding hydrogens is 1390 g/mol. The number of ketones is 2. The largest absolute Gasteiger partial charge is 1.00 e. The second-order valence-corrected chi connectivity index (χ2v) is 20.6. The number of aldehydes is 2. The van der Waals surface area contributed by atoms with Gasteiger partial charge in [-0.05, 0) is 129 Å². The molecule has 0 saturated carbocycles. The van der Waals surface area contributed by atoms with Crippen molar-refractivity contribution in [2.75, 3.05) is 0 Å². The average molecular weight is 1530 g/mol. The molecule has 0 amide bonds. The Kier molecular flexibility index (Phi) is 329. The Bertz CT molecular complexity index is 1460. The second-order valence-electron chi connectivity index (χ2n) is 19.8. The fourth-order valence-electron chi connectivity index (χ4n) is 0.854. The summed E-state index contributed by atoms with van der Waals surface area (Å²) in [5.41, 5.74) is -2.43. The van der Waals surface area contributed by atoms with E-state index in [0.29, 0.717) is 6.92 Å². The number of hydrogen-bond donors (Lipinski definition) is 2. The van der Waals surface area contributed by atoms with Crippen molar-refractivity contribution in [2.45, 2.75) is 335 Å². The Labute approximate surface area is 728 Å². The molecule has 0 aliphatic carbocycles. The first kappa shape index (κ1) is 183. The van der Waals surface area contributed by atoms with E-state index in [9.17, 15) is 68.1 Å². The minimum absolute atomic E-state index is 0. The van der Waals surface area contributed by atoms with Crippen LogP contribution in [0.1, 0.15) is 312 Å². The van der Waals surface area contributed by atoms with Crippen LogP contribution >= 0.6 is 12.2 Å². The number of halogens is 11. The van der Waals surface area contributed by atoms with Crippen molar-refractivity contribution in [3.05, 3.63) is 69.0 Å². The number of hydrogen-bond acceptors (Lipinski definition) is 10. The Balaban J connectivity index is -0.0000000220. The van der Waals surface area contributed by atoms with Crippen LogP contribution in [-0.2, 0) is 24.0 Å². The first-order valence-corrected chi connectivity index (χ1v) is 30.5. The zero-order valence-electron chi connectivity index (χ0n) is 70.1. The van der Waals surface area contributed by atoms with Gasteiger partial charge in [0.1, 0.15) is 41.4 Å². The van der Waals surface area contributed by atoms with E-state index in [2.05, 4.69) is 138 Å². The summed E-state index contributed by atoms with van der Waals surface area (Å²) in [4.78, 5) is 46.5. The molecule has 26 heteroatoms. The number of thiocarbonyl (C=S) groups is 1. The third-order valence-electron chi connectivity index (χ3n) is 4.00. The minimum atomic E-state index is -2.91. The van der Waals surface area contributed by atoms with Crippen LogP contribution in [0, 0.1) is 43.5 Å². The van der Waals surface area contributed by atoms with Crippen LogP contribution in [0.2, 0.25) is 0 Å². The molecule has 0 atom stereocenters. The number of aliphatic hydroxyl groups is 1. The zero-order chi connectivity index (χ0) is 82.5. The molecule has 0 aliphatic rings. The van der Waals surface area contributed by atoms with Crippen molar-refractivity contribution in [3.8, 4) is 36.5 Å². The molecule has 0 heterocycles. The molecule has 3 N–H and O–H groups in total. The summed E-state index contributed by atoms with van der Waals surface area (Å²) in [5.74, 6) is 3.88. The fourth-order valence-corrected chi connectivity index (χ4v) is 0.854. The van der Waals surface area contributed by atoms with Gasteiger partial charge < -0.3 is 52.0 Å². The number of carbonyl (C=O) groups is 5. The van der Waals surface area contributed by atoms with E-state index in [0.717, 1.165) is 58.5 Å². The molecule has 0 aromatic rings. The predicted molar refractivity (Wildman–Crippen MR) is 392 cm³/mol. The Hall–Kier alpha value is -0.440. The molecule has 0 aromatic carbocycles. The molecule has 0 fully saturated rings. The van der Waals surface area contributed by atoms with Gasteiger partial charge in [-0.1, -0.05) is 193 Å². The van der Waals surface area contributed by atoms with Crippen molar-refractivity contribution < 1.29 is 249 Å². The van der Waals surface area contributed by atoms with Crippen LogP contribution in [0.4, 0.5) is 48.3 Å². The van der Waals surface area contributed by atoms with E-state index in [-0.39, 0.29) is 168 Å². The molecule has 0 aliphatic heterocycles. The predicted octanol–water partition coefficient (Wildman–Crippen LogP) is 12.4. The number of Topliss-reactive ketones (excluding diaryl/α,β-unsaturated/α-hetero) is 2. The van der Waals surface area contributed by atoms with Gasteiger partial charge in [-0.3, -0.25) is 4.79 Å². The van der Waals surface area contributed by atoms with Crippen LogP contribution in [0.5, 0.6) is 0 Å². The van der Waals surface area contributed by atoms with Gasteiger partial charge in [0.05, 0.1) is 0 Å². The van der Waals surface area contributed by atoms with Gasteiger partial charge in [0.2, 0.25) is 5.92 Å². The van der Waals surface area contributed by atoms with Crippen molar-refractivity contribution >= 4 is 47.2 Å². The molecule has 0 unspecified atom stereocenters. The van der Waals surface area contributed by atoms with E-state index in [1.165, 1.54) is 112 Å². The van der Waals surface area contributed by atoms with Crippen LogP contribution in [0.3, 0.4) is 0 Å². The summed E-state index contributed by atoms with van der Waals surface area (Å²) in [7, 11) is 0. The van der Waals surface area contributed by atoms with Gasteiger partial charge in [0, 0.05) is 6.92 Å². The SMILES string of the molecule is C#CC.C#CC(C)(C)O.C/C(F)=C(/C)F.C=C.C=C.CC#CC.CC(=O)O.CC(C)(C)[O-].CC(C)(C)[O-].CC(C)(F)F.CC(C)=O.CC(C)=O.CC(C)=S.CC(F)=C(F)F.CC=O.CC=O.CCC.CCCC.CCCCC.CCCCCC.FC(F)=C(F)F.[CH2-]CCC.[K+].[K+].[Li+].[Na+].[OH-]. The van der Waals surface area contributed by atoms with Gasteiger partial charge in [0.25, 0.3) is 5.97 Å². The molecule has 0 saturated heterocycles. The number of aliphatic carboxylic acids is 1. The number of rotatable bonds is 7. The molecule has 0 rings (SSSR count). The normalized spacial score (nSPS) is 7.63. The number of carbonyl (C=O) groups excluding carboxylic acids is 4. The third kappa shape index (κ3) is 1750. The number of allylic oxidation sites excluding steroid dienone is 3. The summed E-state index contributed by atoms with van der Waals surface area (Å²) >= 11 is 4.54. The van der Waals surface area contributed by atoms with E-state index < -0.39 is 64.4 Å². The maximum Gasteiger partial charge on any atom is 1.00 e. The van der Waals surface area contributed by atoms with Crippen LogP contribution in [0.25, 0.3) is 0 Å². The van der Waals surface area contributed by atoms with Crippen molar-refractivity contribution in [1.82, 2.24) is 0 Å². The average Bonchev–Trinajstić information content (AvgIpc) is 3.39. The summed E-state index contributed by atoms with van der Waals surface area (Å²) in [6.45, 7) is 71.9. The molecule has 0 aromatic heterocycles. The smallest absolute Gasteiger partial charge is 0.870 e. The van der Waals surface area contributed by atoms with Gasteiger partial charge in [-0.2, -0.15) is 32.8 Å². The molecule has 0 spiro atoms.